The zero-order valence-electron chi connectivity index (χ0n) is 29.5. The summed E-state index contributed by atoms with van der Waals surface area (Å²) in [7, 11) is 0. The molecule has 256 valence electrons. The summed E-state index contributed by atoms with van der Waals surface area (Å²) in [6.45, 7) is 0. The first kappa shape index (κ1) is 30.4. The first-order valence-electron chi connectivity index (χ1n) is 18.6. The van der Waals surface area contributed by atoms with Crippen LogP contribution in [0.2, 0.25) is 0 Å². The molecule has 0 saturated heterocycles. The van der Waals surface area contributed by atoms with Crippen LogP contribution in [0.15, 0.2) is 182 Å². The van der Waals surface area contributed by atoms with Gasteiger partial charge in [0, 0.05) is 64.9 Å². The Labute approximate surface area is 319 Å². The van der Waals surface area contributed by atoms with Crippen molar-refractivity contribution >= 4 is 86.0 Å². The minimum absolute atomic E-state index is 0.708. The van der Waals surface area contributed by atoms with Crippen LogP contribution in [0.3, 0.4) is 0 Å². The van der Waals surface area contributed by atoms with Crippen LogP contribution < -0.4 is 0 Å². The molecule has 0 atom stereocenters. The molecule has 5 heteroatoms. The summed E-state index contributed by atoms with van der Waals surface area (Å²) in [6.07, 6.45) is 0. The van der Waals surface area contributed by atoms with Crippen LogP contribution in [0.1, 0.15) is 0 Å². The van der Waals surface area contributed by atoms with Crippen molar-refractivity contribution in [1.82, 2.24) is 19.1 Å². The highest BCUT2D eigenvalue weighted by atomic mass is 32.1. The van der Waals surface area contributed by atoms with Crippen molar-refractivity contribution in [3.63, 3.8) is 0 Å². The van der Waals surface area contributed by atoms with Crippen LogP contribution in [0, 0.1) is 0 Å². The number of thiophene rings is 1. The second-order valence-corrected chi connectivity index (χ2v) is 15.2. The molecule has 55 heavy (non-hydrogen) atoms. The Morgan fingerprint density at radius 2 is 1.04 bits per heavy atom. The summed E-state index contributed by atoms with van der Waals surface area (Å²) < 4.78 is 7.51. The molecule has 0 fully saturated rings. The largest absolute Gasteiger partial charge is 0.309 e. The van der Waals surface area contributed by atoms with Gasteiger partial charge in [0.05, 0.1) is 38.0 Å². The molecule has 0 bridgehead atoms. The molecule has 0 saturated carbocycles. The van der Waals surface area contributed by atoms with Crippen molar-refractivity contribution < 1.29 is 0 Å². The van der Waals surface area contributed by atoms with E-state index < -0.39 is 0 Å². The summed E-state index contributed by atoms with van der Waals surface area (Å²) in [5.41, 5.74) is 10.9. The Morgan fingerprint density at radius 1 is 0.382 bits per heavy atom. The summed E-state index contributed by atoms with van der Waals surface area (Å²) >= 11 is 1.89. The van der Waals surface area contributed by atoms with Gasteiger partial charge in [0.25, 0.3) is 0 Å². The third-order valence-corrected chi connectivity index (χ3v) is 12.3. The van der Waals surface area contributed by atoms with Gasteiger partial charge >= 0.3 is 0 Å². The number of aromatic nitrogens is 4. The quantitative estimate of drug-likeness (QED) is 0.182. The fourth-order valence-corrected chi connectivity index (χ4v) is 9.91. The molecule has 12 aromatic rings. The summed E-state index contributed by atoms with van der Waals surface area (Å²) in [5.74, 6) is 0.708. The van der Waals surface area contributed by atoms with E-state index in [-0.39, 0.29) is 0 Å². The van der Waals surface area contributed by atoms with E-state index in [0.717, 1.165) is 50.1 Å². The summed E-state index contributed by atoms with van der Waals surface area (Å²) in [6, 6.07) is 65.2. The van der Waals surface area contributed by atoms with E-state index >= 15 is 0 Å². The predicted octanol–water partition coefficient (Wildman–Crippen LogP) is 13.5. The fraction of sp³-hybridized carbons (Fsp3) is 0. The van der Waals surface area contributed by atoms with Gasteiger partial charge < -0.3 is 9.13 Å². The number of fused-ring (bicyclic) bond motifs is 11. The van der Waals surface area contributed by atoms with Crippen LogP contribution in [-0.2, 0) is 0 Å². The standard InChI is InChI=1S/C50H30N4S/c1-3-14-31(15-4-1)47-39-22-7-10-23-42(39)51-50(52-47)32-16-13-19-34(28-32)53-43-24-11-8-20-35(43)40-29-41-37-26-27-38-36-21-9-12-25-46(36)55-49(38)48(37)54(45(41)30-44(40)53)33-17-5-2-6-18-33/h1-30H. The highest BCUT2D eigenvalue weighted by molar-refractivity contribution is 7.26. The molecule has 0 spiro atoms. The van der Waals surface area contributed by atoms with E-state index in [0.29, 0.717) is 5.82 Å². The molecule has 0 aliphatic heterocycles. The number of nitrogens with zero attached hydrogens (tertiary/aromatic N) is 4. The molecule has 4 heterocycles. The lowest BCUT2D eigenvalue weighted by molar-refractivity contribution is 1.16. The van der Waals surface area contributed by atoms with Crippen molar-refractivity contribution in [2.24, 2.45) is 0 Å². The molecule has 12 rings (SSSR count). The Bertz CT molecular complexity index is 3480. The van der Waals surface area contributed by atoms with Gasteiger partial charge in [-0.15, -0.1) is 11.3 Å². The van der Waals surface area contributed by atoms with Gasteiger partial charge in [0.15, 0.2) is 5.82 Å². The lowest BCUT2D eigenvalue weighted by Gasteiger charge is -2.12. The zero-order chi connectivity index (χ0) is 36.0. The van der Waals surface area contributed by atoms with E-state index in [1.807, 2.05) is 23.5 Å². The van der Waals surface area contributed by atoms with E-state index in [9.17, 15) is 0 Å². The Kier molecular flexibility index (Phi) is 6.47. The van der Waals surface area contributed by atoms with Gasteiger partial charge in [-0.25, -0.2) is 9.97 Å². The second kappa shape index (κ2) is 11.7. The smallest absolute Gasteiger partial charge is 0.160 e. The third-order valence-electron chi connectivity index (χ3n) is 11.1. The summed E-state index contributed by atoms with van der Waals surface area (Å²) in [4.78, 5) is 10.3. The van der Waals surface area contributed by atoms with Crippen LogP contribution in [0.4, 0.5) is 0 Å². The first-order chi connectivity index (χ1) is 27.3. The molecule has 0 radical (unpaired) electrons. The van der Waals surface area contributed by atoms with Crippen molar-refractivity contribution in [3.05, 3.63) is 182 Å². The van der Waals surface area contributed by atoms with Gasteiger partial charge in [-0.05, 0) is 54.6 Å². The third kappa shape index (κ3) is 4.51. The lowest BCUT2D eigenvalue weighted by atomic mass is 10.1. The SMILES string of the molecule is c1ccc(-c2nc(-c3cccc(-n4c5ccccc5c5cc6c7ccc8c9ccccc9sc8c7n(-c7ccccc7)c6cc54)c3)nc3ccccc23)cc1. The van der Waals surface area contributed by atoms with E-state index in [1.165, 1.54) is 52.8 Å². The van der Waals surface area contributed by atoms with Crippen LogP contribution in [0.5, 0.6) is 0 Å². The number of hydrogen-bond acceptors (Lipinski definition) is 3. The average Bonchev–Trinajstić information content (AvgIpc) is 3.90. The normalized spacial score (nSPS) is 12.0. The van der Waals surface area contributed by atoms with Crippen molar-refractivity contribution in [3.8, 4) is 34.0 Å². The Balaban J connectivity index is 1.14. The lowest BCUT2D eigenvalue weighted by Crippen LogP contribution is -1.98. The monoisotopic (exact) mass is 718 g/mol. The highest BCUT2D eigenvalue weighted by Gasteiger charge is 2.22. The van der Waals surface area contributed by atoms with Gasteiger partial charge in [0.1, 0.15) is 0 Å². The van der Waals surface area contributed by atoms with Crippen LogP contribution in [0.25, 0.3) is 109 Å². The number of benzene rings is 8. The molecule has 4 aromatic heterocycles. The molecule has 8 aromatic carbocycles. The molecular weight excluding hydrogens is 689 g/mol. The highest BCUT2D eigenvalue weighted by Crippen LogP contribution is 2.45. The summed E-state index contributed by atoms with van der Waals surface area (Å²) in [5, 5.41) is 8.62. The molecular formula is C50H30N4S. The number of rotatable bonds is 4. The van der Waals surface area contributed by atoms with E-state index in [4.69, 9.17) is 9.97 Å². The van der Waals surface area contributed by atoms with Gasteiger partial charge in [-0.1, -0.05) is 127 Å². The molecule has 4 nitrogen and oxygen atoms in total. The van der Waals surface area contributed by atoms with E-state index in [1.54, 1.807) is 0 Å². The maximum Gasteiger partial charge on any atom is 0.160 e. The second-order valence-electron chi connectivity index (χ2n) is 14.2. The van der Waals surface area contributed by atoms with Gasteiger partial charge in [-0.3, -0.25) is 0 Å². The van der Waals surface area contributed by atoms with Crippen molar-refractivity contribution in [2.45, 2.75) is 0 Å². The van der Waals surface area contributed by atoms with Crippen LogP contribution in [-0.4, -0.2) is 19.1 Å². The van der Waals surface area contributed by atoms with Gasteiger partial charge in [-0.2, -0.15) is 0 Å². The molecule has 0 amide bonds. The fourth-order valence-electron chi connectivity index (χ4n) is 8.67. The molecule has 0 N–H and O–H groups in total. The average molecular weight is 719 g/mol. The minimum atomic E-state index is 0.708. The van der Waals surface area contributed by atoms with Crippen molar-refractivity contribution in [2.75, 3.05) is 0 Å². The number of para-hydroxylation sites is 3. The maximum atomic E-state index is 5.22. The topological polar surface area (TPSA) is 35.6 Å². The van der Waals surface area contributed by atoms with E-state index in [2.05, 4.69) is 179 Å². The zero-order valence-corrected chi connectivity index (χ0v) is 30.3. The van der Waals surface area contributed by atoms with Gasteiger partial charge in [0.2, 0.25) is 0 Å². The van der Waals surface area contributed by atoms with Crippen LogP contribution >= 0.6 is 11.3 Å². The molecule has 0 aliphatic rings. The minimum Gasteiger partial charge on any atom is -0.309 e. The van der Waals surface area contributed by atoms with Crippen molar-refractivity contribution in [1.29, 1.82) is 0 Å². The predicted molar refractivity (Wildman–Crippen MR) is 232 cm³/mol. The Hall–Kier alpha value is -7.08. The first-order valence-corrected chi connectivity index (χ1v) is 19.4. The molecule has 0 unspecified atom stereocenters. The Morgan fingerprint density at radius 3 is 1.91 bits per heavy atom. The maximum absolute atomic E-state index is 5.22. The molecule has 0 aliphatic carbocycles. The number of hydrogen-bond donors (Lipinski definition) is 0.